The van der Waals surface area contributed by atoms with Gasteiger partial charge in [-0.25, -0.2) is 0 Å². The zero-order chi connectivity index (χ0) is 15.9. The van der Waals surface area contributed by atoms with Crippen LogP contribution in [0.25, 0.3) is 0 Å². The Morgan fingerprint density at radius 2 is 2.09 bits per heavy atom. The van der Waals surface area contributed by atoms with Crippen molar-refractivity contribution >= 4 is 35.8 Å². The van der Waals surface area contributed by atoms with Crippen molar-refractivity contribution in [1.29, 1.82) is 0 Å². The molecule has 0 bridgehead atoms. The first-order chi connectivity index (χ1) is 10.6. The molecule has 0 aromatic rings. The summed E-state index contributed by atoms with van der Waals surface area (Å²) in [6.07, 6.45) is 3.62. The van der Waals surface area contributed by atoms with Gasteiger partial charge in [-0.1, -0.05) is 13.8 Å². The number of aliphatic imine (C=N–C) groups is 1. The normalized spacial score (nSPS) is 21.3. The highest BCUT2D eigenvalue weighted by Crippen LogP contribution is 2.28. The number of nitrogens with one attached hydrogen (secondary N) is 2. The molecule has 2 N–H and O–H groups in total. The minimum absolute atomic E-state index is 0. The lowest BCUT2D eigenvalue weighted by molar-refractivity contribution is -0.133. The fraction of sp³-hybridized carbons (Fsp3) is 0.875. The van der Waals surface area contributed by atoms with Gasteiger partial charge in [-0.3, -0.25) is 9.79 Å². The molecule has 0 aromatic heterocycles. The van der Waals surface area contributed by atoms with Gasteiger partial charge < -0.3 is 20.3 Å². The predicted molar refractivity (Wildman–Crippen MR) is 103 cm³/mol. The number of rotatable bonds is 7. The molecule has 0 radical (unpaired) electrons. The van der Waals surface area contributed by atoms with Gasteiger partial charge in [0.2, 0.25) is 5.91 Å². The average Bonchev–Trinajstić information content (AvgIpc) is 3.21. The van der Waals surface area contributed by atoms with Crippen LogP contribution in [-0.4, -0.2) is 62.7 Å². The van der Waals surface area contributed by atoms with Gasteiger partial charge in [-0.05, 0) is 25.2 Å². The third-order valence-corrected chi connectivity index (χ3v) is 4.15. The van der Waals surface area contributed by atoms with E-state index in [1.165, 1.54) is 12.8 Å². The molecule has 1 saturated carbocycles. The van der Waals surface area contributed by atoms with Crippen LogP contribution in [0, 0.1) is 11.8 Å². The molecule has 2 aliphatic rings. The van der Waals surface area contributed by atoms with E-state index in [2.05, 4.69) is 15.6 Å². The third-order valence-electron chi connectivity index (χ3n) is 4.15. The largest absolute Gasteiger partial charge is 0.379 e. The fourth-order valence-electron chi connectivity index (χ4n) is 2.61. The summed E-state index contributed by atoms with van der Waals surface area (Å²) in [5.41, 5.74) is 0. The molecule has 6 nitrogen and oxygen atoms in total. The topological polar surface area (TPSA) is 66.0 Å². The van der Waals surface area contributed by atoms with Crippen LogP contribution in [-0.2, 0) is 9.53 Å². The highest BCUT2D eigenvalue weighted by Gasteiger charge is 2.27. The van der Waals surface area contributed by atoms with E-state index >= 15 is 0 Å². The van der Waals surface area contributed by atoms with Crippen molar-refractivity contribution < 1.29 is 9.53 Å². The van der Waals surface area contributed by atoms with Gasteiger partial charge in [0.15, 0.2) is 5.96 Å². The summed E-state index contributed by atoms with van der Waals surface area (Å²) in [6.45, 7) is 7.85. The fourth-order valence-corrected chi connectivity index (χ4v) is 2.61. The highest BCUT2D eigenvalue weighted by molar-refractivity contribution is 14.0. The highest BCUT2D eigenvalue weighted by atomic mass is 127. The number of hydrogen-bond donors (Lipinski definition) is 2. The molecule has 1 atom stereocenters. The van der Waals surface area contributed by atoms with Crippen LogP contribution in [0.15, 0.2) is 4.99 Å². The Bertz CT molecular complexity index is 400. The molecule has 1 aliphatic carbocycles. The number of likely N-dealkylation sites (tertiary alicyclic amines) is 1. The molecule has 7 heteroatoms. The van der Waals surface area contributed by atoms with Crippen molar-refractivity contribution in [3.63, 3.8) is 0 Å². The Balaban J connectivity index is 0.00000264. The van der Waals surface area contributed by atoms with E-state index in [9.17, 15) is 4.79 Å². The number of nitrogens with zero attached hydrogens (tertiary/aromatic N) is 2. The van der Waals surface area contributed by atoms with Crippen LogP contribution in [0.5, 0.6) is 0 Å². The van der Waals surface area contributed by atoms with E-state index in [0.29, 0.717) is 6.61 Å². The van der Waals surface area contributed by atoms with Crippen LogP contribution >= 0.6 is 24.0 Å². The van der Waals surface area contributed by atoms with E-state index in [-0.39, 0.29) is 41.8 Å². The lowest BCUT2D eigenvalue weighted by Crippen LogP contribution is -2.46. The molecule has 0 aromatic carbocycles. The molecular weight excluding hydrogens is 407 g/mol. The Kier molecular flexibility index (Phi) is 9.19. The molecule has 2 fully saturated rings. The first kappa shape index (κ1) is 20.5. The lowest BCUT2D eigenvalue weighted by Gasteiger charge is -2.20. The molecule has 1 aliphatic heterocycles. The summed E-state index contributed by atoms with van der Waals surface area (Å²) in [5.74, 6) is 1.90. The second-order valence-electron chi connectivity index (χ2n) is 6.59. The van der Waals surface area contributed by atoms with Crippen molar-refractivity contribution in [2.24, 2.45) is 16.8 Å². The summed E-state index contributed by atoms with van der Waals surface area (Å²) in [7, 11) is 1.77. The van der Waals surface area contributed by atoms with Gasteiger partial charge in [0.25, 0.3) is 0 Å². The van der Waals surface area contributed by atoms with E-state index < -0.39 is 0 Å². The van der Waals surface area contributed by atoms with Gasteiger partial charge in [0, 0.05) is 45.2 Å². The van der Waals surface area contributed by atoms with E-state index in [1.807, 2.05) is 18.7 Å². The summed E-state index contributed by atoms with van der Waals surface area (Å²) in [5, 5.41) is 6.66. The molecule has 1 unspecified atom stereocenters. The van der Waals surface area contributed by atoms with Crippen LogP contribution in [0.4, 0.5) is 0 Å². The molecule has 23 heavy (non-hydrogen) atoms. The SMILES string of the molecule is CN=C(NCCOCC1CC1)NC1CCN(C(=O)C(C)C)C1.I. The standard InChI is InChI=1S/C16H30N4O2.HI/c1-12(2)15(21)20-8-6-14(10-20)19-16(17-3)18-7-9-22-11-13-4-5-13;/h12-14H,4-11H2,1-3H3,(H2,17,18,19);1H. The molecule has 134 valence electrons. The number of ether oxygens (including phenoxy) is 1. The van der Waals surface area contributed by atoms with Crippen LogP contribution in [0.2, 0.25) is 0 Å². The van der Waals surface area contributed by atoms with Gasteiger partial charge in [-0.15, -0.1) is 24.0 Å². The number of guanidine groups is 1. The summed E-state index contributed by atoms with van der Waals surface area (Å²) in [6, 6.07) is 0.279. The molecule has 1 saturated heterocycles. The molecule has 0 spiro atoms. The van der Waals surface area contributed by atoms with Gasteiger partial charge in [0.1, 0.15) is 0 Å². The van der Waals surface area contributed by atoms with Crippen molar-refractivity contribution in [2.75, 3.05) is 39.9 Å². The Hall–Kier alpha value is -0.570. The number of halogens is 1. The predicted octanol–water partition coefficient (Wildman–Crippen LogP) is 1.45. The van der Waals surface area contributed by atoms with E-state index in [1.54, 1.807) is 7.05 Å². The maximum absolute atomic E-state index is 12.0. The Morgan fingerprint density at radius 3 is 2.70 bits per heavy atom. The number of carbonyl (C=O) groups is 1. The van der Waals surface area contributed by atoms with Crippen LogP contribution in [0.3, 0.4) is 0 Å². The smallest absolute Gasteiger partial charge is 0.225 e. The first-order valence-electron chi connectivity index (χ1n) is 8.44. The van der Waals surface area contributed by atoms with Crippen molar-refractivity contribution in [3.05, 3.63) is 0 Å². The van der Waals surface area contributed by atoms with E-state index in [0.717, 1.165) is 44.5 Å². The minimum atomic E-state index is 0. The zero-order valence-corrected chi connectivity index (χ0v) is 16.8. The molecule has 2 rings (SSSR count). The van der Waals surface area contributed by atoms with Crippen molar-refractivity contribution in [3.8, 4) is 0 Å². The van der Waals surface area contributed by atoms with Crippen LogP contribution < -0.4 is 10.6 Å². The van der Waals surface area contributed by atoms with Gasteiger partial charge in [-0.2, -0.15) is 0 Å². The monoisotopic (exact) mass is 438 g/mol. The summed E-state index contributed by atoms with van der Waals surface area (Å²) < 4.78 is 5.60. The lowest BCUT2D eigenvalue weighted by atomic mass is 10.2. The maximum atomic E-state index is 12.0. The van der Waals surface area contributed by atoms with Crippen molar-refractivity contribution in [2.45, 2.75) is 39.2 Å². The minimum Gasteiger partial charge on any atom is -0.379 e. The zero-order valence-electron chi connectivity index (χ0n) is 14.5. The number of hydrogen-bond acceptors (Lipinski definition) is 3. The van der Waals surface area contributed by atoms with Gasteiger partial charge in [0.05, 0.1) is 6.61 Å². The summed E-state index contributed by atoms with van der Waals surface area (Å²) >= 11 is 0. The summed E-state index contributed by atoms with van der Waals surface area (Å²) in [4.78, 5) is 18.2. The second-order valence-corrected chi connectivity index (χ2v) is 6.59. The average molecular weight is 438 g/mol. The number of amides is 1. The molecule has 1 amide bonds. The molecule has 1 heterocycles. The Labute approximate surface area is 156 Å². The number of carbonyl (C=O) groups excluding carboxylic acids is 1. The van der Waals surface area contributed by atoms with Crippen LogP contribution in [0.1, 0.15) is 33.1 Å². The van der Waals surface area contributed by atoms with E-state index in [4.69, 9.17) is 4.74 Å². The third kappa shape index (κ3) is 7.24. The second kappa shape index (κ2) is 10.3. The molecular formula is C16H31IN4O2. The Morgan fingerprint density at radius 1 is 1.35 bits per heavy atom. The first-order valence-corrected chi connectivity index (χ1v) is 8.44. The maximum Gasteiger partial charge on any atom is 0.225 e. The van der Waals surface area contributed by atoms with Crippen molar-refractivity contribution in [1.82, 2.24) is 15.5 Å². The quantitative estimate of drug-likeness (QED) is 0.274. The van der Waals surface area contributed by atoms with Gasteiger partial charge >= 0.3 is 0 Å².